The van der Waals surface area contributed by atoms with Crippen molar-refractivity contribution in [3.8, 4) is 0 Å². The molecule has 228 valence electrons. The van der Waals surface area contributed by atoms with E-state index in [0.717, 1.165) is 5.56 Å². The number of aromatic nitrogens is 2. The number of carbonyl (C=O) groups is 6. The highest BCUT2D eigenvalue weighted by molar-refractivity contribution is 5.96. The smallest absolute Gasteiger partial charge is 0.408 e. The average Bonchev–Trinajstić information content (AvgIpc) is 3.45. The van der Waals surface area contributed by atoms with E-state index in [-0.39, 0.29) is 19.6 Å². The Kier molecular flexibility index (Phi) is 13.7. The van der Waals surface area contributed by atoms with Crippen molar-refractivity contribution >= 4 is 35.6 Å². The van der Waals surface area contributed by atoms with Gasteiger partial charge in [0.2, 0.25) is 17.7 Å². The number of amides is 4. The van der Waals surface area contributed by atoms with E-state index >= 15 is 0 Å². The third kappa shape index (κ3) is 12.2. The number of aliphatic carboxylic acids is 1. The molecular weight excluding hydrogens is 548 g/mol. The molecule has 1 heterocycles. The van der Waals surface area contributed by atoms with Crippen LogP contribution in [-0.4, -0.2) is 75.3 Å². The molecule has 1 aromatic heterocycles. The summed E-state index contributed by atoms with van der Waals surface area (Å²) in [4.78, 5) is 81.5. The van der Waals surface area contributed by atoms with E-state index in [1.165, 1.54) is 13.3 Å². The molecule has 0 unspecified atom stereocenters. The number of carbonyl (C=O) groups excluding carboxylic acids is 5. The summed E-state index contributed by atoms with van der Waals surface area (Å²) in [6.07, 6.45) is 1.67. The van der Waals surface area contributed by atoms with Crippen LogP contribution >= 0.6 is 0 Å². The predicted molar refractivity (Wildman–Crippen MR) is 150 cm³/mol. The van der Waals surface area contributed by atoms with E-state index in [2.05, 4.69) is 31.2 Å². The molecule has 0 fully saturated rings. The molecule has 3 atom stereocenters. The fourth-order valence-corrected chi connectivity index (χ4v) is 3.86. The van der Waals surface area contributed by atoms with E-state index in [1.807, 2.05) is 6.07 Å². The van der Waals surface area contributed by atoms with Crippen molar-refractivity contribution in [2.75, 3.05) is 6.54 Å². The number of rotatable bonds is 17. The maximum atomic E-state index is 13.2. The van der Waals surface area contributed by atoms with E-state index in [0.29, 0.717) is 12.1 Å². The minimum absolute atomic E-state index is 0.0179. The summed E-state index contributed by atoms with van der Waals surface area (Å²) in [5.41, 5.74) is 1.45. The molecule has 4 amide bonds. The van der Waals surface area contributed by atoms with Gasteiger partial charge in [-0.3, -0.25) is 24.0 Å². The zero-order valence-electron chi connectivity index (χ0n) is 23.8. The molecule has 42 heavy (non-hydrogen) atoms. The Hall–Kier alpha value is -4.75. The number of benzene rings is 1. The number of nitrogens with one attached hydrogen (secondary N) is 5. The van der Waals surface area contributed by atoms with Crippen molar-refractivity contribution in [2.45, 2.75) is 71.2 Å². The van der Waals surface area contributed by atoms with Crippen LogP contribution in [0.25, 0.3) is 0 Å². The van der Waals surface area contributed by atoms with Gasteiger partial charge in [-0.25, -0.2) is 9.78 Å². The number of nitrogens with zero attached hydrogens (tertiary/aromatic N) is 1. The lowest BCUT2D eigenvalue weighted by Crippen LogP contribution is -2.58. The third-order valence-corrected chi connectivity index (χ3v) is 6.07. The lowest BCUT2D eigenvalue weighted by Gasteiger charge is -2.26. The molecule has 0 saturated heterocycles. The summed E-state index contributed by atoms with van der Waals surface area (Å²) in [6, 6.07) is 5.20. The summed E-state index contributed by atoms with van der Waals surface area (Å²) < 4.78 is 5.20. The molecule has 2 aromatic rings. The number of ketones is 1. The van der Waals surface area contributed by atoms with Gasteiger partial charge in [0.25, 0.3) is 0 Å². The van der Waals surface area contributed by atoms with Crippen molar-refractivity contribution in [1.82, 2.24) is 31.2 Å². The summed E-state index contributed by atoms with van der Waals surface area (Å²) in [6.45, 7) is 4.75. The van der Waals surface area contributed by atoms with Crippen LogP contribution in [0.3, 0.4) is 0 Å². The summed E-state index contributed by atoms with van der Waals surface area (Å²) >= 11 is 0. The van der Waals surface area contributed by atoms with Crippen LogP contribution in [0.2, 0.25) is 0 Å². The number of aromatic amines is 1. The standard InChI is InChI=1S/C28H38N6O8/c1-17(2)24(34-28(41)42-15-19-7-5-4-6-8-19)27(40)33-22(13-18(3)35)26(39)32-21(9-10-23(36)37)25(38)30-12-11-20-14-29-16-31-20/h4-8,14,16-17,21-22,24H,9-13,15H2,1-3H3,(H,29,31)(H,30,38)(H,32,39)(H,33,40)(H,34,41)(H,36,37)/t21-,22-,24-/m0/s1. The molecule has 0 radical (unpaired) electrons. The normalized spacial score (nSPS) is 12.9. The summed E-state index contributed by atoms with van der Waals surface area (Å²) in [5.74, 6) is -4.23. The zero-order valence-corrected chi connectivity index (χ0v) is 23.8. The van der Waals surface area contributed by atoms with E-state index in [4.69, 9.17) is 9.84 Å². The van der Waals surface area contributed by atoms with Gasteiger partial charge in [-0.05, 0) is 24.8 Å². The minimum atomic E-state index is -1.39. The largest absolute Gasteiger partial charge is 0.481 e. The fraction of sp³-hybridized carbons (Fsp3) is 0.464. The molecule has 0 aliphatic carbocycles. The molecule has 6 N–H and O–H groups in total. The van der Waals surface area contributed by atoms with E-state index < -0.39 is 72.5 Å². The number of alkyl carbamates (subject to hydrolysis) is 1. The quantitative estimate of drug-likeness (QED) is 0.155. The Balaban J connectivity index is 2.05. The molecule has 0 aliphatic heterocycles. The second-order valence-electron chi connectivity index (χ2n) is 9.99. The highest BCUT2D eigenvalue weighted by Crippen LogP contribution is 2.07. The van der Waals surface area contributed by atoms with Crippen molar-refractivity contribution in [2.24, 2.45) is 5.92 Å². The Morgan fingerprint density at radius 2 is 1.64 bits per heavy atom. The van der Waals surface area contributed by atoms with Crippen LogP contribution in [0.5, 0.6) is 0 Å². The van der Waals surface area contributed by atoms with Gasteiger partial charge in [0.1, 0.15) is 30.5 Å². The van der Waals surface area contributed by atoms with Crippen molar-refractivity contribution in [1.29, 1.82) is 0 Å². The van der Waals surface area contributed by atoms with Gasteiger partial charge in [-0.15, -0.1) is 0 Å². The van der Waals surface area contributed by atoms with Crippen LogP contribution in [0.15, 0.2) is 42.9 Å². The molecule has 14 nitrogen and oxygen atoms in total. The number of carboxylic acids is 1. The third-order valence-electron chi connectivity index (χ3n) is 6.07. The molecule has 1 aromatic carbocycles. The first-order valence-electron chi connectivity index (χ1n) is 13.5. The van der Waals surface area contributed by atoms with Gasteiger partial charge in [0, 0.05) is 32.0 Å². The van der Waals surface area contributed by atoms with Crippen LogP contribution in [0.1, 0.15) is 51.3 Å². The van der Waals surface area contributed by atoms with E-state index in [1.54, 1.807) is 44.3 Å². The minimum Gasteiger partial charge on any atom is -0.481 e. The highest BCUT2D eigenvalue weighted by atomic mass is 16.5. The van der Waals surface area contributed by atoms with Gasteiger partial charge >= 0.3 is 12.1 Å². The highest BCUT2D eigenvalue weighted by Gasteiger charge is 2.32. The molecule has 2 rings (SSSR count). The monoisotopic (exact) mass is 586 g/mol. The van der Waals surface area contributed by atoms with Gasteiger partial charge in [-0.1, -0.05) is 44.2 Å². The van der Waals surface area contributed by atoms with Crippen LogP contribution in [0.4, 0.5) is 4.79 Å². The fourth-order valence-electron chi connectivity index (χ4n) is 3.86. The van der Waals surface area contributed by atoms with Gasteiger partial charge in [0.15, 0.2) is 0 Å². The second-order valence-corrected chi connectivity index (χ2v) is 9.99. The Labute approximate surface area is 243 Å². The SMILES string of the molecule is CC(=O)C[C@H](NC(=O)[C@@H](NC(=O)OCc1ccccc1)C(C)C)C(=O)N[C@@H](CCC(=O)O)C(=O)NCCc1c[nH]cn1. The topological polar surface area (TPSA) is 209 Å². The molecule has 0 spiro atoms. The van der Waals surface area contributed by atoms with Crippen LogP contribution in [0, 0.1) is 5.92 Å². The Morgan fingerprint density at radius 1 is 0.952 bits per heavy atom. The number of hydrogen-bond acceptors (Lipinski definition) is 8. The number of imidazole rings is 1. The summed E-state index contributed by atoms with van der Waals surface area (Å²) in [7, 11) is 0. The number of ether oxygens (including phenoxy) is 1. The van der Waals surface area contributed by atoms with E-state index in [9.17, 15) is 28.8 Å². The molecule has 0 bridgehead atoms. The average molecular weight is 587 g/mol. The van der Waals surface area contributed by atoms with Gasteiger partial charge in [-0.2, -0.15) is 0 Å². The predicted octanol–water partition coefficient (Wildman–Crippen LogP) is 0.833. The van der Waals surface area contributed by atoms with Crippen molar-refractivity contribution < 1.29 is 38.6 Å². The van der Waals surface area contributed by atoms with Crippen molar-refractivity contribution in [3.05, 3.63) is 54.1 Å². The molecule has 0 saturated carbocycles. The number of Topliss-reactive ketones (excluding diaryl/α,β-unsaturated/α-hetero) is 1. The Bertz CT molecular complexity index is 1200. The molecular formula is C28H38N6O8. The van der Waals surface area contributed by atoms with Gasteiger partial charge in [0.05, 0.1) is 12.0 Å². The van der Waals surface area contributed by atoms with Gasteiger partial charge < -0.3 is 36.1 Å². The first-order chi connectivity index (χ1) is 20.0. The second kappa shape index (κ2) is 17.1. The molecule has 0 aliphatic rings. The lowest BCUT2D eigenvalue weighted by molar-refractivity contribution is -0.138. The summed E-state index contributed by atoms with van der Waals surface area (Å²) in [5, 5.41) is 19.2. The number of H-pyrrole nitrogens is 1. The maximum Gasteiger partial charge on any atom is 0.408 e. The number of hydrogen-bond donors (Lipinski definition) is 6. The van der Waals surface area contributed by atoms with Crippen molar-refractivity contribution in [3.63, 3.8) is 0 Å². The van der Waals surface area contributed by atoms with Crippen LogP contribution < -0.4 is 21.3 Å². The first-order valence-corrected chi connectivity index (χ1v) is 13.5. The number of carboxylic acid groups (broad SMARTS) is 1. The Morgan fingerprint density at radius 3 is 2.24 bits per heavy atom. The first kappa shape index (κ1) is 33.5. The lowest BCUT2D eigenvalue weighted by atomic mass is 10.0. The zero-order chi connectivity index (χ0) is 31.1. The molecule has 14 heteroatoms. The van der Waals surface area contributed by atoms with Crippen LogP contribution in [-0.2, 0) is 41.7 Å². The maximum absolute atomic E-state index is 13.2.